The lowest BCUT2D eigenvalue weighted by Crippen LogP contribution is -1.95. The van der Waals surface area contributed by atoms with E-state index in [1.54, 1.807) is 24.5 Å². The van der Waals surface area contributed by atoms with Gasteiger partial charge in [-0.3, -0.25) is 0 Å². The van der Waals surface area contributed by atoms with Crippen molar-refractivity contribution >= 4 is 10.9 Å². The number of benzene rings is 1. The number of rotatable bonds is 1. The Kier molecular flexibility index (Phi) is 2.08. The fourth-order valence-electron chi connectivity index (χ4n) is 1.52. The zero-order valence-electron chi connectivity index (χ0n) is 8.23. The summed E-state index contributed by atoms with van der Waals surface area (Å²) in [6, 6.07) is 5.16. The third-order valence-electron chi connectivity index (χ3n) is 2.20. The standard InChI is InChI=1S/C11H12N2O/c1-7(2)11-9-5-8(14)3-4-10(9)12-6-13-11/h3-7,14H,1-2H3. The number of phenols is 1. The van der Waals surface area contributed by atoms with Crippen molar-refractivity contribution in [2.75, 3.05) is 0 Å². The molecular formula is C11H12N2O. The molecule has 1 aromatic heterocycles. The van der Waals surface area contributed by atoms with E-state index in [1.165, 1.54) is 0 Å². The first-order chi connectivity index (χ1) is 6.68. The van der Waals surface area contributed by atoms with Crippen LogP contribution in [0, 0.1) is 0 Å². The second-order valence-electron chi connectivity index (χ2n) is 3.62. The van der Waals surface area contributed by atoms with Gasteiger partial charge >= 0.3 is 0 Å². The molecule has 1 aromatic carbocycles. The molecule has 0 atom stereocenters. The van der Waals surface area contributed by atoms with Crippen molar-refractivity contribution in [3.05, 3.63) is 30.2 Å². The van der Waals surface area contributed by atoms with Gasteiger partial charge in [0.2, 0.25) is 0 Å². The molecule has 0 radical (unpaired) electrons. The van der Waals surface area contributed by atoms with Gasteiger partial charge in [0.05, 0.1) is 11.2 Å². The Bertz CT molecular complexity index is 466. The normalized spacial score (nSPS) is 11.1. The van der Waals surface area contributed by atoms with Crippen LogP contribution in [0.5, 0.6) is 5.75 Å². The smallest absolute Gasteiger partial charge is 0.116 e. The van der Waals surface area contributed by atoms with E-state index in [1.807, 2.05) is 0 Å². The molecule has 1 N–H and O–H groups in total. The minimum atomic E-state index is 0.259. The summed E-state index contributed by atoms with van der Waals surface area (Å²) in [6.45, 7) is 4.15. The van der Waals surface area contributed by atoms with Gasteiger partial charge in [-0.25, -0.2) is 9.97 Å². The number of aromatic nitrogens is 2. The molecule has 0 bridgehead atoms. The van der Waals surface area contributed by atoms with Gasteiger partial charge in [0.1, 0.15) is 12.1 Å². The van der Waals surface area contributed by atoms with Crippen molar-refractivity contribution in [2.24, 2.45) is 0 Å². The molecule has 3 heteroatoms. The Morgan fingerprint density at radius 1 is 1.21 bits per heavy atom. The molecule has 2 rings (SSSR count). The Hall–Kier alpha value is -1.64. The molecule has 0 unspecified atom stereocenters. The maximum atomic E-state index is 9.38. The first-order valence-electron chi connectivity index (χ1n) is 4.62. The molecule has 2 aromatic rings. The van der Waals surface area contributed by atoms with E-state index < -0.39 is 0 Å². The van der Waals surface area contributed by atoms with Crippen molar-refractivity contribution in [1.82, 2.24) is 9.97 Å². The van der Waals surface area contributed by atoms with Gasteiger partial charge in [0.25, 0.3) is 0 Å². The fraction of sp³-hybridized carbons (Fsp3) is 0.273. The number of hydrogen-bond donors (Lipinski definition) is 1. The third kappa shape index (κ3) is 1.41. The van der Waals surface area contributed by atoms with E-state index in [4.69, 9.17) is 0 Å². The van der Waals surface area contributed by atoms with Crippen molar-refractivity contribution in [1.29, 1.82) is 0 Å². The van der Waals surface area contributed by atoms with Crippen LogP contribution in [0.1, 0.15) is 25.5 Å². The molecule has 0 saturated heterocycles. The molecule has 14 heavy (non-hydrogen) atoms. The van der Waals surface area contributed by atoms with Crippen LogP contribution in [-0.2, 0) is 0 Å². The number of fused-ring (bicyclic) bond motifs is 1. The monoisotopic (exact) mass is 188 g/mol. The quantitative estimate of drug-likeness (QED) is 0.747. The molecule has 0 spiro atoms. The number of aromatic hydroxyl groups is 1. The van der Waals surface area contributed by atoms with Gasteiger partial charge in [-0.1, -0.05) is 13.8 Å². The lowest BCUT2D eigenvalue weighted by molar-refractivity contribution is 0.476. The number of hydrogen-bond acceptors (Lipinski definition) is 3. The average Bonchev–Trinajstić information content (AvgIpc) is 2.16. The largest absolute Gasteiger partial charge is 0.508 e. The summed E-state index contributed by atoms with van der Waals surface area (Å²) in [6.07, 6.45) is 1.56. The van der Waals surface area contributed by atoms with Crippen LogP contribution in [0.2, 0.25) is 0 Å². The van der Waals surface area contributed by atoms with E-state index in [-0.39, 0.29) is 5.75 Å². The van der Waals surface area contributed by atoms with Crippen LogP contribution >= 0.6 is 0 Å². The second-order valence-corrected chi connectivity index (χ2v) is 3.62. The predicted octanol–water partition coefficient (Wildman–Crippen LogP) is 2.46. The zero-order valence-corrected chi connectivity index (χ0v) is 8.23. The van der Waals surface area contributed by atoms with Gasteiger partial charge in [-0.2, -0.15) is 0 Å². The van der Waals surface area contributed by atoms with Gasteiger partial charge < -0.3 is 5.11 Å². The van der Waals surface area contributed by atoms with E-state index in [2.05, 4.69) is 23.8 Å². The average molecular weight is 188 g/mol. The van der Waals surface area contributed by atoms with Gasteiger partial charge in [-0.05, 0) is 24.1 Å². The molecule has 72 valence electrons. The summed E-state index contributed by atoms with van der Waals surface area (Å²) in [7, 11) is 0. The molecule has 3 nitrogen and oxygen atoms in total. The fourth-order valence-corrected chi connectivity index (χ4v) is 1.52. The predicted molar refractivity (Wildman–Crippen MR) is 55.3 cm³/mol. The topological polar surface area (TPSA) is 46.0 Å². The van der Waals surface area contributed by atoms with E-state index >= 15 is 0 Å². The Morgan fingerprint density at radius 2 is 2.00 bits per heavy atom. The molecule has 0 aliphatic carbocycles. The Morgan fingerprint density at radius 3 is 2.71 bits per heavy atom. The molecular weight excluding hydrogens is 176 g/mol. The lowest BCUT2D eigenvalue weighted by atomic mass is 10.0. The second kappa shape index (κ2) is 3.25. The number of phenolic OH excluding ortho intramolecular Hbond substituents is 1. The maximum absolute atomic E-state index is 9.38. The van der Waals surface area contributed by atoms with Crippen LogP contribution in [0.4, 0.5) is 0 Å². The highest BCUT2D eigenvalue weighted by molar-refractivity contribution is 5.82. The third-order valence-corrected chi connectivity index (χ3v) is 2.20. The summed E-state index contributed by atoms with van der Waals surface area (Å²) < 4.78 is 0. The van der Waals surface area contributed by atoms with Crippen molar-refractivity contribution < 1.29 is 5.11 Å². The molecule has 0 saturated carbocycles. The van der Waals surface area contributed by atoms with Crippen molar-refractivity contribution in [3.8, 4) is 5.75 Å². The maximum Gasteiger partial charge on any atom is 0.116 e. The number of nitrogens with zero attached hydrogens (tertiary/aromatic N) is 2. The first-order valence-corrected chi connectivity index (χ1v) is 4.62. The highest BCUT2D eigenvalue weighted by atomic mass is 16.3. The summed E-state index contributed by atoms with van der Waals surface area (Å²) in [5.41, 5.74) is 1.85. The van der Waals surface area contributed by atoms with Crippen LogP contribution in [-0.4, -0.2) is 15.1 Å². The van der Waals surface area contributed by atoms with Crippen molar-refractivity contribution in [2.45, 2.75) is 19.8 Å². The van der Waals surface area contributed by atoms with E-state index in [9.17, 15) is 5.11 Å². The van der Waals surface area contributed by atoms with Crippen LogP contribution in [0.15, 0.2) is 24.5 Å². The van der Waals surface area contributed by atoms with E-state index in [0.29, 0.717) is 5.92 Å². The molecule has 0 aliphatic rings. The molecule has 1 heterocycles. The Labute approximate surface area is 82.4 Å². The molecule has 0 fully saturated rings. The highest BCUT2D eigenvalue weighted by Crippen LogP contribution is 2.24. The lowest BCUT2D eigenvalue weighted by Gasteiger charge is -2.07. The Balaban J connectivity index is 2.77. The minimum Gasteiger partial charge on any atom is -0.508 e. The SMILES string of the molecule is CC(C)c1ncnc2ccc(O)cc12. The summed E-state index contributed by atoms with van der Waals surface area (Å²) >= 11 is 0. The zero-order chi connectivity index (χ0) is 10.1. The van der Waals surface area contributed by atoms with E-state index in [0.717, 1.165) is 16.6 Å². The van der Waals surface area contributed by atoms with Crippen molar-refractivity contribution in [3.63, 3.8) is 0 Å². The minimum absolute atomic E-state index is 0.259. The van der Waals surface area contributed by atoms with Crippen LogP contribution < -0.4 is 0 Å². The molecule has 0 aliphatic heterocycles. The van der Waals surface area contributed by atoms with Crippen LogP contribution in [0.3, 0.4) is 0 Å². The summed E-state index contributed by atoms with van der Waals surface area (Å²) in [5, 5.41) is 10.3. The summed E-state index contributed by atoms with van der Waals surface area (Å²) in [4.78, 5) is 8.37. The highest BCUT2D eigenvalue weighted by Gasteiger charge is 2.07. The van der Waals surface area contributed by atoms with Crippen LogP contribution in [0.25, 0.3) is 10.9 Å². The molecule has 0 amide bonds. The van der Waals surface area contributed by atoms with Gasteiger partial charge in [0.15, 0.2) is 0 Å². The van der Waals surface area contributed by atoms with Gasteiger partial charge in [-0.15, -0.1) is 0 Å². The first kappa shape index (κ1) is 8.94. The summed E-state index contributed by atoms with van der Waals surface area (Å²) in [5.74, 6) is 0.594. The van der Waals surface area contributed by atoms with Gasteiger partial charge in [0, 0.05) is 5.39 Å².